The van der Waals surface area contributed by atoms with E-state index in [2.05, 4.69) is 4.98 Å². The molecule has 3 heteroatoms. The van der Waals surface area contributed by atoms with Crippen LogP contribution >= 0.6 is 0 Å². The summed E-state index contributed by atoms with van der Waals surface area (Å²) in [5.41, 5.74) is 7.35. The Morgan fingerprint density at radius 2 is 2.27 bits per heavy atom. The van der Waals surface area contributed by atoms with Crippen molar-refractivity contribution in [2.75, 3.05) is 5.73 Å². The molecule has 1 aromatic heterocycles. The third-order valence-electron chi connectivity index (χ3n) is 1.54. The fourth-order valence-electron chi connectivity index (χ4n) is 0.850. The van der Waals surface area contributed by atoms with Crippen molar-refractivity contribution in [3.8, 4) is 0 Å². The first-order valence-corrected chi connectivity index (χ1v) is 3.35. The van der Waals surface area contributed by atoms with E-state index in [1.165, 1.54) is 6.92 Å². The Morgan fingerprint density at radius 1 is 1.64 bits per heavy atom. The monoisotopic (exact) mass is 150 g/mol. The van der Waals surface area contributed by atoms with Crippen LogP contribution in [0.15, 0.2) is 12.3 Å². The number of aromatic nitrogens is 1. The maximum Gasteiger partial charge on any atom is 0.180 e. The van der Waals surface area contributed by atoms with Gasteiger partial charge in [-0.25, -0.2) is 0 Å². The number of nitrogens with zero attached hydrogens (tertiary/aromatic N) is 1. The summed E-state index contributed by atoms with van der Waals surface area (Å²) in [4.78, 5) is 14.7. The number of Topliss-reactive ketones (excluding diaryl/α,β-unsaturated/α-hetero) is 1. The third kappa shape index (κ3) is 1.37. The van der Waals surface area contributed by atoms with Gasteiger partial charge in [0.1, 0.15) is 5.69 Å². The number of hydrogen-bond donors (Lipinski definition) is 1. The Bertz CT molecular complexity index is 294. The Hall–Kier alpha value is -1.38. The molecule has 1 rings (SSSR count). The SMILES string of the molecule is CC(=O)c1nccc(C)c1N. The lowest BCUT2D eigenvalue weighted by Crippen LogP contribution is -2.04. The molecule has 0 unspecified atom stereocenters. The van der Waals surface area contributed by atoms with Gasteiger partial charge in [-0.05, 0) is 18.6 Å². The molecular weight excluding hydrogens is 140 g/mol. The molecular formula is C8H10N2O. The first-order chi connectivity index (χ1) is 5.13. The maximum atomic E-state index is 10.9. The topological polar surface area (TPSA) is 56.0 Å². The molecule has 0 saturated carbocycles. The second-order valence-electron chi connectivity index (χ2n) is 2.45. The largest absolute Gasteiger partial charge is 0.397 e. The van der Waals surface area contributed by atoms with Gasteiger partial charge in [-0.1, -0.05) is 0 Å². The van der Waals surface area contributed by atoms with Gasteiger partial charge in [-0.3, -0.25) is 9.78 Å². The second-order valence-corrected chi connectivity index (χ2v) is 2.45. The van der Waals surface area contributed by atoms with Crippen LogP contribution in [0.4, 0.5) is 5.69 Å². The summed E-state index contributed by atoms with van der Waals surface area (Å²) in [7, 11) is 0. The zero-order valence-electron chi connectivity index (χ0n) is 6.59. The number of rotatable bonds is 1. The van der Waals surface area contributed by atoms with Gasteiger partial charge in [0.2, 0.25) is 0 Å². The molecule has 0 saturated heterocycles. The van der Waals surface area contributed by atoms with E-state index >= 15 is 0 Å². The van der Waals surface area contributed by atoms with Gasteiger partial charge in [0, 0.05) is 13.1 Å². The average Bonchev–Trinajstić information content (AvgIpc) is 1.94. The smallest absolute Gasteiger partial charge is 0.180 e. The summed E-state index contributed by atoms with van der Waals surface area (Å²) in [6, 6.07) is 1.78. The van der Waals surface area contributed by atoms with Gasteiger partial charge in [0.15, 0.2) is 5.78 Å². The van der Waals surface area contributed by atoms with E-state index < -0.39 is 0 Å². The minimum absolute atomic E-state index is 0.0915. The molecule has 1 aromatic rings. The molecule has 2 N–H and O–H groups in total. The minimum Gasteiger partial charge on any atom is -0.397 e. The van der Waals surface area contributed by atoms with E-state index in [0.717, 1.165) is 5.56 Å². The normalized spacial score (nSPS) is 9.64. The summed E-state index contributed by atoms with van der Waals surface area (Å²) in [5.74, 6) is -0.0915. The lowest BCUT2D eigenvalue weighted by atomic mass is 10.1. The van der Waals surface area contributed by atoms with Crippen LogP contribution in [-0.4, -0.2) is 10.8 Å². The van der Waals surface area contributed by atoms with Crippen molar-refractivity contribution < 1.29 is 4.79 Å². The fourth-order valence-corrected chi connectivity index (χ4v) is 0.850. The standard InChI is InChI=1S/C8H10N2O/c1-5-3-4-10-8(6(2)11)7(5)9/h3-4H,9H2,1-2H3. The summed E-state index contributed by atoms with van der Waals surface area (Å²) in [6.45, 7) is 3.31. The third-order valence-corrected chi connectivity index (χ3v) is 1.54. The zero-order chi connectivity index (χ0) is 8.43. The van der Waals surface area contributed by atoms with Crippen LogP contribution < -0.4 is 5.73 Å². The number of nitrogen functional groups attached to an aromatic ring is 1. The molecule has 0 radical (unpaired) electrons. The van der Waals surface area contributed by atoms with Gasteiger partial charge in [-0.15, -0.1) is 0 Å². The van der Waals surface area contributed by atoms with Crippen LogP contribution in [0.3, 0.4) is 0 Å². The molecule has 58 valence electrons. The van der Waals surface area contributed by atoms with E-state index in [9.17, 15) is 4.79 Å². The first-order valence-electron chi connectivity index (χ1n) is 3.35. The van der Waals surface area contributed by atoms with Crippen molar-refractivity contribution >= 4 is 11.5 Å². The fraction of sp³-hybridized carbons (Fsp3) is 0.250. The molecule has 0 fully saturated rings. The van der Waals surface area contributed by atoms with Crippen LogP contribution in [0.2, 0.25) is 0 Å². The molecule has 0 aliphatic rings. The molecule has 11 heavy (non-hydrogen) atoms. The van der Waals surface area contributed by atoms with E-state index in [4.69, 9.17) is 5.73 Å². The Balaban J connectivity index is 3.27. The Morgan fingerprint density at radius 3 is 2.73 bits per heavy atom. The lowest BCUT2D eigenvalue weighted by Gasteiger charge is -2.02. The van der Waals surface area contributed by atoms with Gasteiger partial charge in [0.25, 0.3) is 0 Å². The predicted molar refractivity (Wildman–Crippen MR) is 43.4 cm³/mol. The molecule has 1 heterocycles. The molecule has 0 spiro atoms. The molecule has 3 nitrogen and oxygen atoms in total. The minimum atomic E-state index is -0.0915. The van der Waals surface area contributed by atoms with Crippen molar-refractivity contribution in [2.24, 2.45) is 0 Å². The second kappa shape index (κ2) is 2.70. The number of aryl methyl sites for hydroxylation is 1. The number of ketones is 1. The average molecular weight is 150 g/mol. The molecule has 0 aliphatic heterocycles. The van der Waals surface area contributed by atoms with Crippen LogP contribution in [0.1, 0.15) is 23.0 Å². The quantitative estimate of drug-likeness (QED) is 0.611. The predicted octanol–water partition coefficient (Wildman–Crippen LogP) is 1.17. The van der Waals surface area contributed by atoms with Gasteiger partial charge in [0.05, 0.1) is 5.69 Å². The molecule has 0 bridgehead atoms. The molecule has 0 aromatic carbocycles. The number of pyridine rings is 1. The van der Waals surface area contributed by atoms with Crippen LogP contribution in [-0.2, 0) is 0 Å². The lowest BCUT2D eigenvalue weighted by molar-refractivity contribution is 0.101. The van der Waals surface area contributed by atoms with Crippen LogP contribution in [0.5, 0.6) is 0 Å². The number of anilines is 1. The summed E-state index contributed by atoms with van der Waals surface area (Å²) in [5, 5.41) is 0. The van der Waals surface area contributed by atoms with Crippen molar-refractivity contribution in [3.63, 3.8) is 0 Å². The van der Waals surface area contributed by atoms with E-state index in [1.54, 1.807) is 12.3 Å². The molecule has 0 amide bonds. The van der Waals surface area contributed by atoms with Crippen LogP contribution in [0.25, 0.3) is 0 Å². The highest BCUT2D eigenvalue weighted by molar-refractivity contribution is 5.97. The number of carbonyl (C=O) groups excluding carboxylic acids is 1. The van der Waals surface area contributed by atoms with E-state index in [1.807, 2.05) is 6.92 Å². The number of nitrogens with two attached hydrogens (primary N) is 1. The van der Waals surface area contributed by atoms with Crippen molar-refractivity contribution in [1.82, 2.24) is 4.98 Å². The van der Waals surface area contributed by atoms with Crippen molar-refractivity contribution in [2.45, 2.75) is 13.8 Å². The van der Waals surface area contributed by atoms with Gasteiger partial charge in [-0.2, -0.15) is 0 Å². The maximum absolute atomic E-state index is 10.9. The Labute approximate surface area is 65.2 Å². The van der Waals surface area contributed by atoms with Gasteiger partial charge >= 0.3 is 0 Å². The highest BCUT2D eigenvalue weighted by atomic mass is 16.1. The summed E-state index contributed by atoms with van der Waals surface area (Å²) >= 11 is 0. The summed E-state index contributed by atoms with van der Waals surface area (Å²) < 4.78 is 0. The van der Waals surface area contributed by atoms with E-state index in [-0.39, 0.29) is 5.78 Å². The number of hydrogen-bond acceptors (Lipinski definition) is 3. The van der Waals surface area contributed by atoms with Crippen molar-refractivity contribution in [3.05, 3.63) is 23.5 Å². The zero-order valence-corrected chi connectivity index (χ0v) is 6.59. The van der Waals surface area contributed by atoms with E-state index in [0.29, 0.717) is 11.4 Å². The van der Waals surface area contributed by atoms with Crippen LogP contribution in [0, 0.1) is 6.92 Å². The first kappa shape index (κ1) is 7.72. The Kier molecular flexibility index (Phi) is 1.89. The molecule has 0 atom stereocenters. The summed E-state index contributed by atoms with van der Waals surface area (Å²) in [6.07, 6.45) is 1.59. The van der Waals surface area contributed by atoms with Crippen molar-refractivity contribution in [1.29, 1.82) is 0 Å². The highest BCUT2D eigenvalue weighted by Crippen LogP contribution is 2.13. The van der Waals surface area contributed by atoms with Gasteiger partial charge < -0.3 is 5.73 Å². The number of carbonyl (C=O) groups is 1. The highest BCUT2D eigenvalue weighted by Gasteiger charge is 2.06. The molecule has 0 aliphatic carbocycles.